The van der Waals surface area contributed by atoms with Crippen LogP contribution in [0.5, 0.6) is 0 Å². The highest BCUT2D eigenvalue weighted by molar-refractivity contribution is 5.77. The van der Waals surface area contributed by atoms with Crippen molar-refractivity contribution in [1.82, 2.24) is 9.80 Å². The molecule has 0 bridgehead atoms. The summed E-state index contributed by atoms with van der Waals surface area (Å²) in [4.78, 5) is 46.4. The molecule has 0 aromatic rings. The Balaban J connectivity index is 0. The van der Waals surface area contributed by atoms with E-state index in [2.05, 4.69) is 4.74 Å². The summed E-state index contributed by atoms with van der Waals surface area (Å²) in [7, 11) is 8.07. The smallest absolute Gasteiger partial charge is 0.308 e. The molecule has 0 spiro atoms. The van der Waals surface area contributed by atoms with Crippen LogP contribution in [-0.4, -0.2) is 74.0 Å². The number of ether oxygens (including phenoxy) is 1. The van der Waals surface area contributed by atoms with Gasteiger partial charge in [-0.15, -0.1) is 0 Å². The Morgan fingerprint density at radius 1 is 0.840 bits per heavy atom. The quantitative estimate of drug-likeness (QED) is 0.653. The SMILES string of the molecule is CC(CCC(=O)N(C)C)C(=O)O.COC(=O)C(C)CCC(=O)N(C)C. The average molecular weight is 360 g/mol. The largest absolute Gasteiger partial charge is 0.481 e. The molecule has 2 atom stereocenters. The van der Waals surface area contributed by atoms with Gasteiger partial charge in [-0.2, -0.15) is 0 Å². The van der Waals surface area contributed by atoms with Gasteiger partial charge in [0, 0.05) is 41.0 Å². The van der Waals surface area contributed by atoms with Crippen molar-refractivity contribution in [2.45, 2.75) is 39.5 Å². The molecule has 25 heavy (non-hydrogen) atoms. The van der Waals surface area contributed by atoms with Crippen LogP contribution < -0.4 is 0 Å². The van der Waals surface area contributed by atoms with Gasteiger partial charge in [0.05, 0.1) is 18.9 Å². The molecule has 0 saturated carbocycles. The molecule has 0 radical (unpaired) electrons. The number of methoxy groups -OCH3 is 1. The first-order valence-electron chi connectivity index (χ1n) is 8.14. The summed E-state index contributed by atoms with van der Waals surface area (Å²) in [6.45, 7) is 3.36. The number of amides is 2. The zero-order chi connectivity index (χ0) is 20.2. The third-order valence-electron chi connectivity index (χ3n) is 3.61. The van der Waals surface area contributed by atoms with E-state index in [9.17, 15) is 19.2 Å². The molecule has 0 heterocycles. The topological polar surface area (TPSA) is 104 Å². The Morgan fingerprint density at radius 3 is 1.48 bits per heavy atom. The van der Waals surface area contributed by atoms with Crippen LogP contribution in [0.15, 0.2) is 0 Å². The van der Waals surface area contributed by atoms with Gasteiger partial charge in [-0.3, -0.25) is 19.2 Å². The van der Waals surface area contributed by atoms with Crippen LogP contribution in [0.3, 0.4) is 0 Å². The minimum atomic E-state index is -0.846. The van der Waals surface area contributed by atoms with E-state index in [1.807, 2.05) is 0 Å². The Morgan fingerprint density at radius 2 is 1.20 bits per heavy atom. The van der Waals surface area contributed by atoms with Crippen LogP contribution in [-0.2, 0) is 23.9 Å². The second kappa shape index (κ2) is 13.2. The standard InChI is InChI=1S/C9H17NO3.C8H15NO3/c1-7(9(12)13-4)5-6-8(11)10(2)3;1-6(8(11)12)4-5-7(10)9(2)3/h7H,5-6H2,1-4H3;6H,4-5H2,1-3H3,(H,11,12). The number of carboxylic acid groups (broad SMARTS) is 1. The summed E-state index contributed by atoms with van der Waals surface area (Å²) in [5.41, 5.74) is 0. The number of rotatable bonds is 8. The summed E-state index contributed by atoms with van der Waals surface area (Å²) in [5, 5.41) is 8.51. The van der Waals surface area contributed by atoms with Crippen molar-refractivity contribution in [1.29, 1.82) is 0 Å². The zero-order valence-corrected chi connectivity index (χ0v) is 16.4. The molecule has 0 saturated heterocycles. The van der Waals surface area contributed by atoms with Gasteiger partial charge >= 0.3 is 11.9 Å². The number of esters is 1. The fourth-order valence-electron chi connectivity index (χ4n) is 1.57. The van der Waals surface area contributed by atoms with Crippen molar-refractivity contribution < 1.29 is 29.0 Å². The van der Waals surface area contributed by atoms with E-state index in [1.165, 1.54) is 16.9 Å². The molecule has 0 aromatic heterocycles. The lowest BCUT2D eigenvalue weighted by Gasteiger charge is -2.12. The Bertz CT molecular complexity index is 448. The molecule has 2 amide bonds. The lowest BCUT2D eigenvalue weighted by atomic mass is 10.1. The van der Waals surface area contributed by atoms with Gasteiger partial charge in [0.1, 0.15) is 0 Å². The van der Waals surface area contributed by atoms with E-state index >= 15 is 0 Å². The minimum Gasteiger partial charge on any atom is -0.481 e. The van der Waals surface area contributed by atoms with Crippen molar-refractivity contribution in [3.8, 4) is 0 Å². The maximum Gasteiger partial charge on any atom is 0.308 e. The number of carboxylic acids is 1. The van der Waals surface area contributed by atoms with E-state index in [0.717, 1.165) is 0 Å². The molecule has 0 rings (SSSR count). The van der Waals surface area contributed by atoms with Crippen LogP contribution in [0.4, 0.5) is 0 Å². The van der Waals surface area contributed by atoms with E-state index < -0.39 is 11.9 Å². The molecule has 0 aliphatic heterocycles. The second-order valence-corrected chi connectivity index (χ2v) is 6.32. The highest BCUT2D eigenvalue weighted by atomic mass is 16.5. The van der Waals surface area contributed by atoms with Crippen molar-refractivity contribution >= 4 is 23.8 Å². The fourth-order valence-corrected chi connectivity index (χ4v) is 1.57. The van der Waals surface area contributed by atoms with Gasteiger partial charge in [-0.25, -0.2) is 0 Å². The summed E-state index contributed by atoms with van der Waals surface area (Å²) in [6, 6.07) is 0. The Kier molecular flexibility index (Phi) is 13.3. The summed E-state index contributed by atoms with van der Waals surface area (Å²) in [6.07, 6.45) is 1.65. The van der Waals surface area contributed by atoms with Gasteiger partial charge in [0.25, 0.3) is 0 Å². The van der Waals surface area contributed by atoms with Crippen molar-refractivity contribution in [2.75, 3.05) is 35.3 Å². The van der Waals surface area contributed by atoms with E-state index in [0.29, 0.717) is 25.7 Å². The molecule has 0 fully saturated rings. The predicted octanol–water partition coefficient (Wildman–Crippen LogP) is 1.24. The molecular weight excluding hydrogens is 328 g/mol. The first-order valence-corrected chi connectivity index (χ1v) is 8.14. The number of nitrogens with zero attached hydrogens (tertiary/aromatic N) is 2. The molecule has 2 unspecified atom stereocenters. The van der Waals surface area contributed by atoms with Gasteiger partial charge in [-0.05, 0) is 12.8 Å². The summed E-state index contributed by atoms with van der Waals surface area (Å²) in [5.74, 6) is -1.73. The van der Waals surface area contributed by atoms with Crippen LogP contribution in [0.1, 0.15) is 39.5 Å². The lowest BCUT2D eigenvalue weighted by Crippen LogP contribution is -2.23. The van der Waals surface area contributed by atoms with Gasteiger partial charge in [-0.1, -0.05) is 13.8 Å². The Hall–Kier alpha value is -2.12. The molecule has 146 valence electrons. The average Bonchev–Trinajstić information content (AvgIpc) is 2.55. The highest BCUT2D eigenvalue weighted by Crippen LogP contribution is 2.08. The number of carbonyl (C=O) groups is 4. The lowest BCUT2D eigenvalue weighted by molar-refractivity contribution is -0.145. The highest BCUT2D eigenvalue weighted by Gasteiger charge is 2.15. The molecule has 1 N–H and O–H groups in total. The summed E-state index contributed by atoms with van der Waals surface area (Å²) >= 11 is 0. The van der Waals surface area contributed by atoms with Crippen molar-refractivity contribution in [3.05, 3.63) is 0 Å². The first kappa shape index (κ1) is 25.1. The monoisotopic (exact) mass is 360 g/mol. The maximum atomic E-state index is 11.1. The third kappa shape index (κ3) is 12.9. The third-order valence-corrected chi connectivity index (χ3v) is 3.61. The molecule has 0 aromatic carbocycles. The number of hydrogen-bond acceptors (Lipinski definition) is 5. The Labute approximate surface area is 150 Å². The van der Waals surface area contributed by atoms with Crippen LogP contribution >= 0.6 is 0 Å². The van der Waals surface area contributed by atoms with Gasteiger partial charge in [0.15, 0.2) is 0 Å². The number of hydrogen-bond donors (Lipinski definition) is 1. The first-order chi connectivity index (χ1) is 11.4. The number of aliphatic carboxylic acids is 1. The summed E-state index contributed by atoms with van der Waals surface area (Å²) < 4.78 is 4.54. The van der Waals surface area contributed by atoms with Crippen molar-refractivity contribution in [3.63, 3.8) is 0 Å². The van der Waals surface area contributed by atoms with E-state index in [4.69, 9.17) is 5.11 Å². The molecule has 0 aliphatic carbocycles. The molecule has 8 heteroatoms. The van der Waals surface area contributed by atoms with Gasteiger partial charge in [0.2, 0.25) is 11.8 Å². The minimum absolute atomic E-state index is 0.0249. The van der Waals surface area contributed by atoms with Crippen LogP contribution in [0.25, 0.3) is 0 Å². The van der Waals surface area contributed by atoms with E-state index in [-0.39, 0.29) is 23.7 Å². The predicted molar refractivity (Wildman–Crippen MR) is 93.8 cm³/mol. The fraction of sp³-hybridized carbons (Fsp3) is 0.765. The molecule has 8 nitrogen and oxygen atoms in total. The van der Waals surface area contributed by atoms with Crippen LogP contribution in [0, 0.1) is 11.8 Å². The maximum absolute atomic E-state index is 11.1. The normalized spacial score (nSPS) is 12.1. The molecular formula is C17H32N2O6. The number of carbonyl (C=O) groups excluding carboxylic acids is 3. The zero-order valence-electron chi connectivity index (χ0n) is 16.4. The van der Waals surface area contributed by atoms with Crippen molar-refractivity contribution in [2.24, 2.45) is 11.8 Å². The second-order valence-electron chi connectivity index (χ2n) is 6.32. The van der Waals surface area contributed by atoms with Gasteiger partial charge < -0.3 is 19.6 Å². The van der Waals surface area contributed by atoms with Crippen LogP contribution in [0.2, 0.25) is 0 Å². The van der Waals surface area contributed by atoms with E-state index in [1.54, 1.807) is 42.0 Å². The molecule has 0 aliphatic rings.